The van der Waals surface area contributed by atoms with Crippen molar-refractivity contribution in [1.82, 2.24) is 44.9 Å². The highest BCUT2D eigenvalue weighted by Gasteiger charge is 2.49. The maximum Gasteiger partial charge on any atom is 0.141 e. The van der Waals surface area contributed by atoms with E-state index in [1.54, 1.807) is 19.2 Å². The smallest absolute Gasteiger partial charge is 0.141 e. The monoisotopic (exact) mass is 854 g/mol. The molecule has 0 amide bonds. The average molecular weight is 854 g/mol. The van der Waals surface area contributed by atoms with Crippen LogP contribution in [0.1, 0.15) is 104 Å². The van der Waals surface area contributed by atoms with E-state index in [-0.39, 0.29) is 30.0 Å². The molecule has 5 fully saturated rings. The van der Waals surface area contributed by atoms with E-state index in [2.05, 4.69) is 102 Å². The first-order valence-corrected chi connectivity index (χ1v) is 23.3. The molecule has 0 bridgehead atoms. The van der Waals surface area contributed by atoms with Crippen LogP contribution < -0.4 is 19.9 Å². The Morgan fingerprint density at radius 1 is 0.698 bits per heavy atom. The third-order valence-electron chi connectivity index (χ3n) is 15.0. The Hall–Kier alpha value is -5.08. The first-order valence-electron chi connectivity index (χ1n) is 23.3. The number of likely N-dealkylation sites (tertiary alicyclic amines) is 1. The Balaban J connectivity index is 0.000000150. The van der Waals surface area contributed by atoms with Gasteiger partial charge in [0.15, 0.2) is 0 Å². The van der Waals surface area contributed by atoms with Gasteiger partial charge >= 0.3 is 0 Å². The van der Waals surface area contributed by atoms with Crippen LogP contribution in [0.4, 0.5) is 15.8 Å². The number of nitrogens with one attached hydrogen (secondary N) is 3. The molecule has 332 valence electrons. The molecule has 5 aliphatic rings. The second-order valence-corrected chi connectivity index (χ2v) is 18.8. The van der Waals surface area contributed by atoms with Gasteiger partial charge in [0.05, 0.1) is 53.3 Å². The third-order valence-corrected chi connectivity index (χ3v) is 15.0. The summed E-state index contributed by atoms with van der Waals surface area (Å²) in [5.74, 6) is 2.78. The lowest BCUT2D eigenvalue weighted by atomic mass is 9.88. The van der Waals surface area contributed by atoms with Crippen LogP contribution in [0.15, 0.2) is 72.9 Å². The van der Waals surface area contributed by atoms with Crippen molar-refractivity contribution in [2.45, 2.75) is 88.0 Å². The number of halogens is 1. The molecule has 1 spiro atoms. The van der Waals surface area contributed by atoms with Gasteiger partial charge in [-0.25, -0.2) is 14.4 Å². The summed E-state index contributed by atoms with van der Waals surface area (Å²) in [5.41, 5.74) is 10.1. The SMILES string of the molecule is COc1cccnc1C1CCCC(c2nc3c(N4CCN(C)C5(CC5)C4)cccc3[nH]2)N1.Cc1cccc(F)c1C1CCCC(c2nc3c(N4CCN(C)CC4)cccc3[nH]2)N1C. The van der Waals surface area contributed by atoms with Gasteiger partial charge in [-0.15, -0.1) is 0 Å². The Morgan fingerprint density at radius 2 is 1.35 bits per heavy atom. The molecular formula is C50H64FN11O. The van der Waals surface area contributed by atoms with Crippen molar-refractivity contribution >= 4 is 33.4 Å². The second-order valence-electron chi connectivity index (χ2n) is 18.8. The van der Waals surface area contributed by atoms with Gasteiger partial charge in [0, 0.05) is 69.2 Å². The molecule has 63 heavy (non-hydrogen) atoms. The predicted octanol–water partition coefficient (Wildman–Crippen LogP) is 8.47. The number of rotatable bonds is 7. The van der Waals surface area contributed by atoms with Crippen molar-refractivity contribution in [2.24, 2.45) is 0 Å². The minimum absolute atomic E-state index is 0.0743. The number of hydrogen-bond acceptors (Lipinski definition) is 10. The number of H-pyrrole nitrogens is 2. The zero-order valence-corrected chi connectivity index (χ0v) is 37.7. The number of benzene rings is 3. The van der Waals surface area contributed by atoms with Gasteiger partial charge in [-0.1, -0.05) is 24.3 Å². The fraction of sp³-hybridized carbons (Fsp3) is 0.500. The molecule has 4 aliphatic heterocycles. The number of nitrogens with zero attached hydrogens (tertiary/aromatic N) is 8. The van der Waals surface area contributed by atoms with Gasteiger partial charge in [-0.3, -0.25) is 20.1 Å². The number of fused-ring (bicyclic) bond motifs is 2. The fourth-order valence-electron chi connectivity index (χ4n) is 11.0. The number of anilines is 2. The minimum atomic E-state index is -0.0977. The Morgan fingerprint density at radius 3 is 2.08 bits per heavy atom. The quantitative estimate of drug-likeness (QED) is 0.145. The number of imidazole rings is 2. The van der Waals surface area contributed by atoms with E-state index in [0.717, 1.165) is 141 Å². The molecule has 11 rings (SSSR count). The highest BCUT2D eigenvalue weighted by Crippen LogP contribution is 2.46. The lowest BCUT2D eigenvalue weighted by Crippen LogP contribution is -2.53. The Bertz CT molecular complexity index is 2520. The van der Waals surface area contributed by atoms with Crippen molar-refractivity contribution < 1.29 is 9.13 Å². The number of piperidine rings is 2. The van der Waals surface area contributed by atoms with Gasteiger partial charge < -0.3 is 29.4 Å². The Kier molecular flexibility index (Phi) is 11.6. The van der Waals surface area contributed by atoms with Crippen LogP contribution in [0, 0.1) is 12.7 Å². The molecule has 4 unspecified atom stereocenters. The number of piperazine rings is 2. The molecule has 12 nitrogen and oxygen atoms in total. The minimum Gasteiger partial charge on any atom is -0.495 e. The molecule has 3 aromatic carbocycles. The number of aromatic nitrogens is 5. The summed E-state index contributed by atoms with van der Waals surface area (Å²) in [6, 6.07) is 22.9. The highest BCUT2D eigenvalue weighted by atomic mass is 19.1. The van der Waals surface area contributed by atoms with Gasteiger partial charge in [-0.2, -0.15) is 0 Å². The summed E-state index contributed by atoms with van der Waals surface area (Å²) >= 11 is 0. The molecule has 3 N–H and O–H groups in total. The van der Waals surface area contributed by atoms with E-state index < -0.39 is 0 Å². The molecule has 1 aliphatic carbocycles. The van der Waals surface area contributed by atoms with Crippen molar-refractivity contribution in [3.63, 3.8) is 0 Å². The first kappa shape index (κ1) is 41.9. The number of methoxy groups -OCH3 is 1. The number of para-hydroxylation sites is 2. The van der Waals surface area contributed by atoms with Crippen LogP contribution >= 0.6 is 0 Å². The van der Waals surface area contributed by atoms with Crippen LogP contribution in [0.2, 0.25) is 0 Å². The summed E-state index contributed by atoms with van der Waals surface area (Å²) in [4.78, 5) is 34.3. The Labute approximate surface area is 371 Å². The molecule has 1 saturated carbocycles. The lowest BCUT2D eigenvalue weighted by Gasteiger charge is -2.41. The lowest BCUT2D eigenvalue weighted by molar-refractivity contribution is 0.107. The van der Waals surface area contributed by atoms with Crippen molar-refractivity contribution in [3.8, 4) is 5.75 Å². The molecule has 7 heterocycles. The largest absolute Gasteiger partial charge is 0.495 e. The van der Waals surface area contributed by atoms with Crippen molar-refractivity contribution in [1.29, 1.82) is 0 Å². The third kappa shape index (κ3) is 8.17. The molecule has 3 aromatic heterocycles. The standard InChI is InChI=1S/C25H32FN5.C25H32N6O/c1-17-7-4-8-18(26)23(17)20-10-6-12-22(30(20)3)25-27-19-9-5-11-21(24(19)28-25)31-15-13-29(2)14-16-31;1-30-14-15-31(16-25(30)11-12-25)20-9-4-7-17-22(20)29-24(28-17)19-8-3-6-18(27-19)23-21(32-2)10-5-13-26-23/h4-5,7-9,11,20,22H,6,10,12-16H2,1-3H3,(H,27,28);4-5,7,9-10,13,18-19,27H,3,6,8,11-12,14-16H2,1-2H3,(H,28,29). The van der Waals surface area contributed by atoms with Gasteiger partial charge in [0.25, 0.3) is 0 Å². The first-order chi connectivity index (χ1) is 30.7. The molecule has 4 saturated heterocycles. The summed E-state index contributed by atoms with van der Waals surface area (Å²) < 4.78 is 20.3. The van der Waals surface area contributed by atoms with Crippen molar-refractivity contribution in [3.05, 3.63) is 107 Å². The summed E-state index contributed by atoms with van der Waals surface area (Å²) in [7, 11) is 8.29. The average Bonchev–Trinajstić information content (AvgIpc) is 3.71. The van der Waals surface area contributed by atoms with Gasteiger partial charge in [-0.05, 0) is 127 Å². The van der Waals surface area contributed by atoms with E-state index in [4.69, 9.17) is 14.7 Å². The zero-order chi connectivity index (χ0) is 43.2. The van der Waals surface area contributed by atoms with E-state index in [1.165, 1.54) is 24.2 Å². The molecular weight excluding hydrogens is 790 g/mol. The molecule has 4 atom stereocenters. The second kappa shape index (κ2) is 17.5. The molecule has 13 heteroatoms. The summed E-state index contributed by atoms with van der Waals surface area (Å²) in [6.07, 6.45) is 10.8. The number of pyridine rings is 1. The normalized spacial score (nSPS) is 24.5. The van der Waals surface area contributed by atoms with Gasteiger partial charge in [0.2, 0.25) is 0 Å². The van der Waals surface area contributed by atoms with E-state index in [1.807, 2.05) is 31.3 Å². The molecule has 6 aromatic rings. The van der Waals surface area contributed by atoms with Crippen LogP contribution in [-0.2, 0) is 0 Å². The summed E-state index contributed by atoms with van der Waals surface area (Å²) in [5, 5.41) is 3.79. The maximum absolute atomic E-state index is 14.7. The predicted molar refractivity (Wildman–Crippen MR) is 250 cm³/mol. The van der Waals surface area contributed by atoms with Gasteiger partial charge in [0.1, 0.15) is 34.2 Å². The van der Waals surface area contributed by atoms with Crippen LogP contribution in [0.25, 0.3) is 22.1 Å². The van der Waals surface area contributed by atoms with Crippen LogP contribution in [-0.4, -0.2) is 119 Å². The van der Waals surface area contributed by atoms with Crippen molar-refractivity contribution in [2.75, 3.05) is 83.9 Å². The number of ether oxygens (including phenoxy) is 1. The number of likely N-dealkylation sites (N-methyl/N-ethyl adjacent to an activating group) is 2. The highest BCUT2D eigenvalue weighted by molar-refractivity contribution is 5.90. The topological polar surface area (TPSA) is 108 Å². The van der Waals surface area contributed by atoms with E-state index in [0.29, 0.717) is 5.54 Å². The summed E-state index contributed by atoms with van der Waals surface area (Å²) in [6.45, 7) is 9.48. The van der Waals surface area contributed by atoms with Crippen LogP contribution in [0.5, 0.6) is 5.75 Å². The fourth-order valence-corrected chi connectivity index (χ4v) is 11.0. The molecule has 0 radical (unpaired) electrons. The van der Waals surface area contributed by atoms with Crippen LogP contribution in [0.3, 0.4) is 0 Å². The maximum atomic E-state index is 14.7. The number of aryl methyl sites for hydroxylation is 1. The number of aromatic amines is 2. The van der Waals surface area contributed by atoms with E-state index >= 15 is 0 Å². The number of hydrogen-bond donors (Lipinski definition) is 3. The zero-order valence-electron chi connectivity index (χ0n) is 37.7. The van der Waals surface area contributed by atoms with E-state index in [9.17, 15) is 4.39 Å².